The van der Waals surface area contributed by atoms with Crippen LogP contribution in [-0.2, 0) is 0 Å². The molecular weight excluding hydrogens is 448 g/mol. The van der Waals surface area contributed by atoms with Gasteiger partial charge in [-0.1, -0.05) is 36.4 Å². The van der Waals surface area contributed by atoms with Crippen LogP contribution in [0.25, 0.3) is 0 Å². The lowest BCUT2D eigenvalue weighted by Crippen LogP contribution is -2.08. The predicted molar refractivity (Wildman–Crippen MR) is 111 cm³/mol. The Balaban J connectivity index is 0.00000220. The Morgan fingerprint density at radius 3 is 1.27 bits per heavy atom. The normalized spacial score (nSPS) is 11.3. The third-order valence-corrected chi connectivity index (χ3v) is 4.09. The van der Waals surface area contributed by atoms with Gasteiger partial charge in [0.15, 0.2) is 10.3 Å². The summed E-state index contributed by atoms with van der Waals surface area (Å²) >= 11 is 0. The van der Waals surface area contributed by atoms with Gasteiger partial charge in [0.2, 0.25) is 0 Å². The zero-order chi connectivity index (χ0) is 14.2. The molecular formula is C14H16Br2N4S2. The van der Waals surface area contributed by atoms with E-state index < -0.39 is 0 Å². The zero-order valence-corrected chi connectivity index (χ0v) is 16.5. The molecule has 22 heavy (non-hydrogen) atoms. The average molecular weight is 464 g/mol. The zero-order valence-electron chi connectivity index (χ0n) is 11.5. The summed E-state index contributed by atoms with van der Waals surface area (Å²) in [6.45, 7) is 0. The van der Waals surface area contributed by atoms with E-state index in [-0.39, 0.29) is 34.0 Å². The lowest BCUT2D eigenvalue weighted by molar-refractivity contribution is 1.51. The second kappa shape index (κ2) is 11.6. The minimum absolute atomic E-state index is 0. The van der Waals surface area contributed by atoms with Crippen LogP contribution in [0, 0.1) is 0 Å². The van der Waals surface area contributed by atoms with E-state index in [1.165, 1.54) is 21.6 Å². The average Bonchev–Trinajstić information content (AvgIpc) is 2.47. The Morgan fingerprint density at radius 2 is 0.955 bits per heavy atom. The Labute approximate surface area is 158 Å². The van der Waals surface area contributed by atoms with Crippen LogP contribution >= 0.6 is 55.6 Å². The molecule has 0 amide bonds. The summed E-state index contributed by atoms with van der Waals surface area (Å²) in [5, 5.41) is 0.875. The highest BCUT2D eigenvalue weighted by Gasteiger charge is 2.00. The molecule has 0 heterocycles. The maximum atomic E-state index is 5.83. The molecule has 0 bridgehead atoms. The number of benzene rings is 2. The van der Waals surface area contributed by atoms with Crippen LogP contribution in [-0.4, -0.2) is 10.3 Å². The van der Waals surface area contributed by atoms with E-state index in [2.05, 4.69) is 9.98 Å². The van der Waals surface area contributed by atoms with Gasteiger partial charge in [0.05, 0.1) is 11.4 Å². The van der Waals surface area contributed by atoms with E-state index >= 15 is 0 Å². The Hall–Kier alpha value is -0.960. The molecule has 2 aromatic rings. The highest BCUT2D eigenvalue weighted by Crippen LogP contribution is 2.24. The summed E-state index contributed by atoms with van der Waals surface area (Å²) in [7, 11) is 2.57. The number of halogens is 2. The van der Waals surface area contributed by atoms with Gasteiger partial charge in [0.25, 0.3) is 0 Å². The van der Waals surface area contributed by atoms with Crippen molar-refractivity contribution in [2.75, 3.05) is 0 Å². The van der Waals surface area contributed by atoms with Crippen LogP contribution in [0.4, 0.5) is 11.4 Å². The largest absolute Gasteiger partial charge is 0.378 e. The van der Waals surface area contributed by atoms with Crippen LogP contribution in [0.15, 0.2) is 70.6 Å². The molecule has 2 rings (SSSR count). The summed E-state index contributed by atoms with van der Waals surface area (Å²) < 4.78 is 0. The van der Waals surface area contributed by atoms with Crippen LogP contribution in [0.2, 0.25) is 0 Å². The van der Waals surface area contributed by atoms with Gasteiger partial charge in [-0.2, -0.15) is 0 Å². The number of rotatable bonds is 2. The minimum atomic E-state index is 0. The van der Waals surface area contributed by atoms with Gasteiger partial charge < -0.3 is 11.5 Å². The number of hydrogen-bond donors (Lipinski definition) is 2. The van der Waals surface area contributed by atoms with E-state index in [0.29, 0.717) is 10.3 Å². The molecule has 0 spiro atoms. The quantitative estimate of drug-likeness (QED) is 0.380. The van der Waals surface area contributed by atoms with Crippen molar-refractivity contribution in [3.8, 4) is 0 Å². The highest BCUT2D eigenvalue weighted by atomic mass is 79.9. The fourth-order valence-corrected chi connectivity index (χ4v) is 2.57. The topological polar surface area (TPSA) is 76.8 Å². The Morgan fingerprint density at radius 1 is 0.636 bits per heavy atom. The summed E-state index contributed by atoms with van der Waals surface area (Å²) in [4.78, 5) is 8.53. The summed E-state index contributed by atoms with van der Waals surface area (Å²) in [5.74, 6) is 0. The molecule has 0 unspecified atom stereocenters. The minimum Gasteiger partial charge on any atom is -0.378 e. The molecule has 118 valence electrons. The molecule has 0 aromatic heterocycles. The van der Waals surface area contributed by atoms with Crippen molar-refractivity contribution >= 4 is 77.3 Å². The molecule has 0 fully saturated rings. The molecule has 4 nitrogen and oxygen atoms in total. The van der Waals surface area contributed by atoms with Crippen LogP contribution in [0.3, 0.4) is 0 Å². The molecule has 0 saturated carbocycles. The van der Waals surface area contributed by atoms with Gasteiger partial charge in [-0.15, -0.1) is 34.0 Å². The van der Waals surface area contributed by atoms with Gasteiger partial charge in [-0.3, -0.25) is 0 Å². The maximum absolute atomic E-state index is 5.83. The molecule has 4 N–H and O–H groups in total. The first-order valence-corrected chi connectivity index (χ1v) is 8.02. The number of para-hydroxylation sites is 2. The molecule has 0 aliphatic carbocycles. The highest BCUT2D eigenvalue weighted by molar-refractivity contribution is 8.93. The van der Waals surface area contributed by atoms with Crippen LogP contribution in [0.1, 0.15) is 0 Å². The molecule has 0 atom stereocenters. The Kier molecular flexibility index (Phi) is 11.1. The van der Waals surface area contributed by atoms with Crippen molar-refractivity contribution in [1.82, 2.24) is 0 Å². The molecule has 2 aromatic carbocycles. The second-order valence-electron chi connectivity index (χ2n) is 3.74. The number of nitrogens with two attached hydrogens (primary N) is 2. The number of nitrogens with zero attached hydrogens (tertiary/aromatic N) is 2. The standard InChI is InChI=1S/C14H14N4S2.2BrH/c15-13(17-11-7-3-1-4-8-11)19-20-14(16)18-12-9-5-2-6-10-12;;/h1-10H,(H2,15,17)(H2,16,18);2*1H. The van der Waals surface area contributed by atoms with E-state index in [4.69, 9.17) is 11.5 Å². The summed E-state index contributed by atoms with van der Waals surface area (Å²) in [6, 6.07) is 19.1. The van der Waals surface area contributed by atoms with Crippen molar-refractivity contribution in [2.24, 2.45) is 21.5 Å². The van der Waals surface area contributed by atoms with Gasteiger partial charge in [0.1, 0.15) is 0 Å². The first-order valence-electron chi connectivity index (χ1n) is 5.87. The van der Waals surface area contributed by atoms with Gasteiger partial charge in [-0.25, -0.2) is 9.98 Å². The SMILES string of the molecule is Br.Br.NC(=Nc1ccccc1)SSC(N)=Nc1ccccc1. The second-order valence-corrected chi connectivity index (χ2v) is 5.91. The van der Waals surface area contributed by atoms with Crippen molar-refractivity contribution in [1.29, 1.82) is 0 Å². The van der Waals surface area contributed by atoms with E-state index in [1.54, 1.807) is 0 Å². The predicted octanol–water partition coefficient (Wildman–Crippen LogP) is 4.82. The molecule has 0 aliphatic heterocycles. The van der Waals surface area contributed by atoms with Gasteiger partial charge in [-0.05, 0) is 45.9 Å². The van der Waals surface area contributed by atoms with Crippen LogP contribution < -0.4 is 11.5 Å². The van der Waals surface area contributed by atoms with E-state index in [0.717, 1.165) is 11.4 Å². The van der Waals surface area contributed by atoms with Crippen molar-refractivity contribution in [2.45, 2.75) is 0 Å². The number of aliphatic imine (C=N–C) groups is 2. The molecule has 0 aliphatic rings. The van der Waals surface area contributed by atoms with Gasteiger partial charge in [0, 0.05) is 0 Å². The van der Waals surface area contributed by atoms with Crippen LogP contribution in [0.5, 0.6) is 0 Å². The van der Waals surface area contributed by atoms with Crippen molar-refractivity contribution < 1.29 is 0 Å². The van der Waals surface area contributed by atoms with Gasteiger partial charge >= 0.3 is 0 Å². The third-order valence-electron chi connectivity index (χ3n) is 2.20. The fourth-order valence-electron chi connectivity index (χ4n) is 1.38. The Bertz CT molecular complexity index is 551. The molecule has 0 radical (unpaired) electrons. The summed E-state index contributed by atoms with van der Waals surface area (Å²) in [6.07, 6.45) is 0. The summed E-state index contributed by atoms with van der Waals surface area (Å²) in [5.41, 5.74) is 13.3. The monoisotopic (exact) mass is 462 g/mol. The van der Waals surface area contributed by atoms with E-state index in [1.807, 2.05) is 60.7 Å². The van der Waals surface area contributed by atoms with Crippen molar-refractivity contribution in [3.63, 3.8) is 0 Å². The third kappa shape index (κ3) is 7.88. The smallest absolute Gasteiger partial charge is 0.170 e. The number of hydrogen-bond acceptors (Lipinski definition) is 4. The first kappa shape index (κ1) is 21.0. The lowest BCUT2D eigenvalue weighted by atomic mass is 10.3. The maximum Gasteiger partial charge on any atom is 0.170 e. The molecule has 0 saturated heterocycles. The van der Waals surface area contributed by atoms with Crippen molar-refractivity contribution in [3.05, 3.63) is 60.7 Å². The van der Waals surface area contributed by atoms with E-state index in [9.17, 15) is 0 Å². The first-order chi connectivity index (χ1) is 9.74. The lowest BCUT2D eigenvalue weighted by Gasteiger charge is -2.00. The fraction of sp³-hybridized carbons (Fsp3) is 0. The molecule has 8 heteroatoms. The number of amidine groups is 2.